The Hall–Kier alpha value is -2.77. The van der Waals surface area contributed by atoms with Crippen molar-refractivity contribution in [3.63, 3.8) is 0 Å². The van der Waals surface area contributed by atoms with Crippen LogP contribution in [0.4, 0.5) is 0 Å². The molecule has 3 aromatic rings. The summed E-state index contributed by atoms with van der Waals surface area (Å²) >= 11 is 1.52. The molecule has 146 valence electrons. The van der Waals surface area contributed by atoms with E-state index < -0.39 is 5.72 Å². The van der Waals surface area contributed by atoms with Crippen LogP contribution in [0.25, 0.3) is 10.2 Å². The van der Waals surface area contributed by atoms with E-state index in [1.165, 1.54) is 11.3 Å². The number of benzene rings is 2. The number of fused-ring (bicyclic) bond motifs is 1. The van der Waals surface area contributed by atoms with Crippen LogP contribution >= 0.6 is 11.3 Å². The molecule has 0 saturated carbocycles. The van der Waals surface area contributed by atoms with E-state index in [-0.39, 0.29) is 23.9 Å². The first-order chi connectivity index (χ1) is 14.2. The van der Waals surface area contributed by atoms with Gasteiger partial charge in [0.05, 0.1) is 40.8 Å². The van der Waals surface area contributed by atoms with Crippen molar-refractivity contribution >= 4 is 33.4 Å². The van der Waals surface area contributed by atoms with Gasteiger partial charge in [-0.15, -0.1) is 11.3 Å². The van der Waals surface area contributed by atoms with Crippen LogP contribution in [-0.4, -0.2) is 51.5 Å². The maximum absolute atomic E-state index is 13.3. The number of hydrogen-bond donors (Lipinski definition) is 0. The standard InChI is InChI=1S/C22H19N3O3S/c26-20-11-19-22(25(20)17(12-28-22)14-4-2-1-3-5-14)8-9-24(19)21(27)15-6-7-16-18(10-15)29-13-23-16/h1-7,10,13,17,19H,8-9,11-12H2/t17-,19+,22-/m0/s1. The van der Waals surface area contributed by atoms with Crippen LogP contribution in [0.2, 0.25) is 0 Å². The molecule has 3 saturated heterocycles. The summed E-state index contributed by atoms with van der Waals surface area (Å²) in [6.45, 7) is 1.07. The molecule has 0 unspecified atom stereocenters. The highest BCUT2D eigenvalue weighted by atomic mass is 32.1. The van der Waals surface area contributed by atoms with Crippen molar-refractivity contribution in [3.8, 4) is 0 Å². The molecule has 3 aliphatic rings. The monoisotopic (exact) mass is 405 g/mol. The van der Waals surface area contributed by atoms with Crippen LogP contribution in [0.1, 0.15) is 34.8 Å². The molecule has 6 nitrogen and oxygen atoms in total. The number of nitrogens with zero attached hydrogens (tertiary/aromatic N) is 3. The Morgan fingerprint density at radius 2 is 2.07 bits per heavy atom. The van der Waals surface area contributed by atoms with E-state index in [1.54, 1.807) is 5.51 Å². The van der Waals surface area contributed by atoms with Crippen molar-refractivity contribution in [3.05, 3.63) is 65.2 Å². The molecular weight excluding hydrogens is 386 g/mol. The average molecular weight is 405 g/mol. The van der Waals surface area contributed by atoms with Crippen molar-refractivity contribution < 1.29 is 14.3 Å². The smallest absolute Gasteiger partial charge is 0.254 e. The van der Waals surface area contributed by atoms with Gasteiger partial charge in [0.25, 0.3) is 5.91 Å². The largest absolute Gasteiger partial charge is 0.351 e. The minimum atomic E-state index is -0.693. The maximum atomic E-state index is 13.3. The Balaban J connectivity index is 1.33. The summed E-state index contributed by atoms with van der Waals surface area (Å²) in [6, 6.07) is 15.3. The number of carbonyl (C=O) groups excluding carboxylic acids is 2. The Morgan fingerprint density at radius 1 is 1.21 bits per heavy atom. The van der Waals surface area contributed by atoms with Crippen molar-refractivity contribution in [1.82, 2.24) is 14.8 Å². The first-order valence-electron chi connectivity index (χ1n) is 9.83. The molecule has 1 spiro atoms. The summed E-state index contributed by atoms with van der Waals surface area (Å²) in [5.74, 6) is 0.0281. The van der Waals surface area contributed by atoms with E-state index in [4.69, 9.17) is 4.74 Å². The van der Waals surface area contributed by atoms with Crippen LogP contribution in [0.15, 0.2) is 54.0 Å². The Morgan fingerprint density at radius 3 is 2.93 bits per heavy atom. The summed E-state index contributed by atoms with van der Waals surface area (Å²) in [6.07, 6.45) is 0.971. The molecule has 1 aromatic heterocycles. The SMILES string of the molecule is O=C(c1ccc2ncsc2c1)N1CC[C@@]23OC[C@@H](c4ccccc4)N2C(=O)C[C@@H]13. The van der Waals surface area contributed by atoms with Crippen molar-refractivity contribution in [1.29, 1.82) is 0 Å². The van der Waals surface area contributed by atoms with E-state index in [2.05, 4.69) is 4.98 Å². The van der Waals surface area contributed by atoms with Gasteiger partial charge in [0, 0.05) is 18.5 Å². The molecule has 0 bridgehead atoms. The lowest BCUT2D eigenvalue weighted by Crippen LogP contribution is -2.49. The number of amides is 2. The quantitative estimate of drug-likeness (QED) is 0.657. The number of thiazole rings is 1. The minimum Gasteiger partial charge on any atom is -0.351 e. The molecular formula is C22H19N3O3S. The molecule has 6 rings (SSSR count). The summed E-state index contributed by atoms with van der Waals surface area (Å²) in [4.78, 5) is 34.3. The second-order valence-electron chi connectivity index (χ2n) is 7.85. The first kappa shape index (κ1) is 17.1. The Kier molecular flexibility index (Phi) is 3.61. The normalized spacial score (nSPS) is 28.2. The van der Waals surface area contributed by atoms with E-state index in [9.17, 15) is 9.59 Å². The third-order valence-electron chi connectivity index (χ3n) is 6.48. The number of aromatic nitrogens is 1. The van der Waals surface area contributed by atoms with E-state index in [0.29, 0.717) is 31.6 Å². The summed E-state index contributed by atoms with van der Waals surface area (Å²) < 4.78 is 7.30. The van der Waals surface area contributed by atoms with E-state index in [1.807, 2.05) is 58.3 Å². The zero-order valence-electron chi connectivity index (χ0n) is 15.7. The highest BCUT2D eigenvalue weighted by Crippen LogP contribution is 2.51. The molecule has 2 amide bonds. The third kappa shape index (κ3) is 2.34. The van der Waals surface area contributed by atoms with Crippen LogP contribution in [0, 0.1) is 0 Å². The first-order valence-corrected chi connectivity index (χ1v) is 10.7. The molecule has 0 aliphatic carbocycles. The molecule has 2 aromatic carbocycles. The van der Waals surface area contributed by atoms with Crippen LogP contribution in [0.5, 0.6) is 0 Å². The van der Waals surface area contributed by atoms with Crippen molar-refractivity contribution in [2.75, 3.05) is 13.2 Å². The molecule has 29 heavy (non-hydrogen) atoms. The van der Waals surface area contributed by atoms with Crippen molar-refractivity contribution in [2.45, 2.75) is 30.7 Å². The fourth-order valence-electron chi connectivity index (χ4n) is 5.16. The molecule has 3 aliphatic heterocycles. The van der Waals surface area contributed by atoms with E-state index in [0.717, 1.165) is 15.8 Å². The van der Waals surface area contributed by atoms with Gasteiger partial charge in [0.15, 0.2) is 5.72 Å². The summed E-state index contributed by atoms with van der Waals surface area (Å²) in [5, 5.41) is 0. The second kappa shape index (κ2) is 6.11. The zero-order chi connectivity index (χ0) is 19.6. The van der Waals surface area contributed by atoms with Gasteiger partial charge in [-0.25, -0.2) is 4.98 Å². The van der Waals surface area contributed by atoms with Crippen LogP contribution in [0.3, 0.4) is 0 Å². The fraction of sp³-hybridized carbons (Fsp3) is 0.318. The van der Waals surface area contributed by atoms with E-state index >= 15 is 0 Å². The molecule has 4 heterocycles. The highest BCUT2D eigenvalue weighted by molar-refractivity contribution is 7.16. The number of hydrogen-bond acceptors (Lipinski definition) is 5. The Labute approximate surface area is 171 Å². The van der Waals surface area contributed by atoms with Crippen molar-refractivity contribution in [2.24, 2.45) is 0 Å². The lowest BCUT2D eigenvalue weighted by molar-refractivity contribution is -0.138. The van der Waals surface area contributed by atoms with Gasteiger partial charge in [-0.1, -0.05) is 30.3 Å². The van der Waals surface area contributed by atoms with Crippen LogP contribution in [-0.2, 0) is 9.53 Å². The maximum Gasteiger partial charge on any atom is 0.254 e. The zero-order valence-corrected chi connectivity index (χ0v) is 16.5. The number of carbonyl (C=O) groups is 2. The number of likely N-dealkylation sites (tertiary alicyclic amines) is 1. The Bertz CT molecular complexity index is 1130. The highest BCUT2D eigenvalue weighted by Gasteiger charge is 2.65. The molecule has 3 fully saturated rings. The fourth-order valence-corrected chi connectivity index (χ4v) is 5.88. The van der Waals surface area contributed by atoms with Gasteiger partial charge in [0.1, 0.15) is 0 Å². The predicted octanol–water partition coefficient (Wildman–Crippen LogP) is 3.21. The average Bonchev–Trinajstić information content (AvgIpc) is 3.49. The number of rotatable bonds is 2. The van der Waals surface area contributed by atoms with Gasteiger partial charge >= 0.3 is 0 Å². The second-order valence-corrected chi connectivity index (χ2v) is 8.74. The lowest BCUT2D eigenvalue weighted by Gasteiger charge is -2.33. The van der Waals surface area contributed by atoms with Crippen LogP contribution < -0.4 is 0 Å². The van der Waals surface area contributed by atoms with Gasteiger partial charge in [-0.2, -0.15) is 0 Å². The van der Waals surface area contributed by atoms with Gasteiger partial charge in [-0.3, -0.25) is 9.59 Å². The molecule has 0 N–H and O–H groups in total. The molecule has 7 heteroatoms. The molecule has 0 radical (unpaired) electrons. The van der Waals surface area contributed by atoms with Gasteiger partial charge in [-0.05, 0) is 23.8 Å². The third-order valence-corrected chi connectivity index (χ3v) is 7.27. The van der Waals surface area contributed by atoms with Gasteiger partial charge in [0.2, 0.25) is 5.91 Å². The summed E-state index contributed by atoms with van der Waals surface area (Å²) in [7, 11) is 0. The summed E-state index contributed by atoms with van der Waals surface area (Å²) in [5.41, 5.74) is 3.72. The minimum absolute atomic E-state index is 0.0383. The predicted molar refractivity (Wildman–Crippen MR) is 108 cm³/mol. The number of ether oxygens (including phenoxy) is 1. The molecule has 3 atom stereocenters. The van der Waals surface area contributed by atoms with Gasteiger partial charge < -0.3 is 14.5 Å². The topological polar surface area (TPSA) is 62.7 Å². The lowest BCUT2D eigenvalue weighted by atomic mass is 10.0.